The first kappa shape index (κ1) is 17.1. The number of hydrogen-bond acceptors (Lipinski definition) is 3. The smallest absolute Gasteiger partial charge is 0.319 e. The van der Waals surface area contributed by atoms with Crippen LogP contribution in [0.3, 0.4) is 0 Å². The maximum atomic E-state index is 12.8. The van der Waals surface area contributed by atoms with Crippen molar-refractivity contribution in [3.8, 4) is 0 Å². The lowest BCUT2D eigenvalue weighted by Gasteiger charge is -2.34. The molecule has 1 atom stereocenters. The zero-order valence-electron chi connectivity index (χ0n) is 15.3. The Kier molecular flexibility index (Phi) is 4.01. The summed E-state index contributed by atoms with van der Waals surface area (Å²) in [7, 11) is 0. The van der Waals surface area contributed by atoms with Crippen LogP contribution >= 0.6 is 0 Å². The molecule has 2 aliphatic rings. The monoisotopic (exact) mass is 355 g/mol. The van der Waals surface area contributed by atoms with Gasteiger partial charge in [-0.15, -0.1) is 0 Å². The summed E-state index contributed by atoms with van der Waals surface area (Å²) in [5, 5.41) is 9.44. The second-order valence-corrected chi connectivity index (χ2v) is 7.90. The molecule has 6 nitrogen and oxygen atoms in total. The molecule has 1 aliphatic heterocycles. The fraction of sp³-hybridized carbons (Fsp3) is 0.550. The van der Waals surface area contributed by atoms with Gasteiger partial charge in [0.2, 0.25) is 5.91 Å². The molecule has 138 valence electrons. The molecule has 1 aromatic heterocycles. The summed E-state index contributed by atoms with van der Waals surface area (Å²) in [5.74, 6) is -0.0214. The minimum Gasteiger partial charge on any atom is -0.480 e. The Balaban J connectivity index is 1.65. The number of aliphatic carboxylic acids is 1. The molecule has 1 aliphatic carbocycles. The third-order valence-corrected chi connectivity index (χ3v) is 5.78. The molecule has 2 fully saturated rings. The van der Waals surface area contributed by atoms with Gasteiger partial charge in [-0.1, -0.05) is 12.1 Å². The number of rotatable bonds is 4. The van der Waals surface area contributed by atoms with Crippen LogP contribution in [0.2, 0.25) is 0 Å². The number of imidazole rings is 1. The fourth-order valence-electron chi connectivity index (χ4n) is 4.21. The topological polar surface area (TPSA) is 75.4 Å². The van der Waals surface area contributed by atoms with E-state index in [1.54, 1.807) is 4.90 Å². The Labute approximate surface area is 152 Å². The number of carboxylic acids is 1. The van der Waals surface area contributed by atoms with Gasteiger partial charge in [0, 0.05) is 25.0 Å². The molecule has 0 radical (unpaired) electrons. The standard InChI is InChI=1S/C20H25N3O3/c1-13(2)23-16-8-4-3-7-15(16)21-17(23)14-6-5-11-22(12-14)18(24)20(9-10-20)19(25)26/h3-4,7-8,13-14H,5-6,9-12H2,1-2H3,(H,25,26)/t14-/m0/s1. The summed E-state index contributed by atoms with van der Waals surface area (Å²) in [4.78, 5) is 31.0. The summed E-state index contributed by atoms with van der Waals surface area (Å²) < 4.78 is 2.26. The Bertz CT molecular complexity index is 866. The number of carboxylic acid groups (broad SMARTS) is 1. The van der Waals surface area contributed by atoms with E-state index in [0.717, 1.165) is 29.7 Å². The number of para-hydroxylation sites is 2. The molecule has 4 rings (SSSR count). The number of piperidine rings is 1. The molecule has 0 unspecified atom stereocenters. The van der Waals surface area contributed by atoms with E-state index in [2.05, 4.69) is 24.5 Å². The SMILES string of the molecule is CC(C)n1c([C@H]2CCCN(C(=O)C3(C(=O)O)CC3)C2)nc2ccccc21. The molecule has 1 saturated heterocycles. The summed E-state index contributed by atoms with van der Waals surface area (Å²) in [6, 6.07) is 8.39. The molecule has 1 N–H and O–H groups in total. The van der Waals surface area contributed by atoms with Crippen molar-refractivity contribution in [1.29, 1.82) is 0 Å². The van der Waals surface area contributed by atoms with Crippen LogP contribution in [0.4, 0.5) is 0 Å². The van der Waals surface area contributed by atoms with Crippen LogP contribution in [0.1, 0.15) is 57.3 Å². The number of fused-ring (bicyclic) bond motifs is 1. The van der Waals surface area contributed by atoms with Crippen LogP contribution in [0.15, 0.2) is 24.3 Å². The predicted octanol–water partition coefficient (Wildman–Crippen LogP) is 3.19. The first-order valence-electron chi connectivity index (χ1n) is 9.43. The van der Waals surface area contributed by atoms with Gasteiger partial charge in [-0.2, -0.15) is 0 Å². The highest BCUT2D eigenvalue weighted by Gasteiger charge is 2.58. The number of likely N-dealkylation sites (tertiary alicyclic amines) is 1. The summed E-state index contributed by atoms with van der Waals surface area (Å²) in [6.07, 6.45) is 2.78. The summed E-state index contributed by atoms with van der Waals surface area (Å²) >= 11 is 0. The molecule has 1 amide bonds. The molecule has 1 saturated carbocycles. The number of amides is 1. The van der Waals surface area contributed by atoms with E-state index >= 15 is 0 Å². The number of carbonyl (C=O) groups is 2. The van der Waals surface area contributed by atoms with Crippen molar-refractivity contribution < 1.29 is 14.7 Å². The highest BCUT2D eigenvalue weighted by Crippen LogP contribution is 2.48. The number of hydrogen-bond donors (Lipinski definition) is 1. The van der Waals surface area contributed by atoms with Gasteiger partial charge in [0.15, 0.2) is 0 Å². The molecular formula is C20H25N3O3. The lowest BCUT2D eigenvalue weighted by atomic mass is 9.94. The maximum absolute atomic E-state index is 12.8. The molecule has 2 aromatic rings. The van der Waals surface area contributed by atoms with Gasteiger partial charge in [-0.3, -0.25) is 9.59 Å². The van der Waals surface area contributed by atoms with Crippen molar-refractivity contribution in [2.24, 2.45) is 5.41 Å². The van der Waals surface area contributed by atoms with E-state index in [9.17, 15) is 14.7 Å². The summed E-state index contributed by atoms with van der Waals surface area (Å²) in [5.41, 5.74) is 0.939. The van der Waals surface area contributed by atoms with Gasteiger partial charge in [-0.25, -0.2) is 4.98 Å². The van der Waals surface area contributed by atoms with E-state index in [1.807, 2.05) is 18.2 Å². The van der Waals surface area contributed by atoms with Gasteiger partial charge in [0.05, 0.1) is 11.0 Å². The van der Waals surface area contributed by atoms with Crippen molar-refractivity contribution in [3.63, 3.8) is 0 Å². The number of aromatic nitrogens is 2. The molecule has 2 heterocycles. The zero-order valence-corrected chi connectivity index (χ0v) is 15.3. The minimum absolute atomic E-state index is 0.145. The Morgan fingerprint density at radius 2 is 2.00 bits per heavy atom. The quantitative estimate of drug-likeness (QED) is 0.855. The lowest BCUT2D eigenvalue weighted by molar-refractivity contribution is -0.154. The third-order valence-electron chi connectivity index (χ3n) is 5.78. The van der Waals surface area contributed by atoms with Gasteiger partial charge in [0.1, 0.15) is 11.2 Å². The van der Waals surface area contributed by atoms with Gasteiger partial charge in [-0.05, 0) is 51.7 Å². The van der Waals surface area contributed by atoms with Crippen molar-refractivity contribution in [1.82, 2.24) is 14.5 Å². The zero-order chi connectivity index (χ0) is 18.5. The van der Waals surface area contributed by atoms with Crippen LogP contribution in [0.25, 0.3) is 11.0 Å². The maximum Gasteiger partial charge on any atom is 0.319 e. The summed E-state index contributed by atoms with van der Waals surface area (Å²) in [6.45, 7) is 5.50. The predicted molar refractivity (Wildman–Crippen MR) is 98.0 cm³/mol. The number of nitrogens with zero attached hydrogens (tertiary/aromatic N) is 3. The number of carbonyl (C=O) groups excluding carboxylic acids is 1. The van der Waals surface area contributed by atoms with E-state index < -0.39 is 11.4 Å². The fourth-order valence-corrected chi connectivity index (χ4v) is 4.21. The van der Waals surface area contributed by atoms with Crippen molar-refractivity contribution >= 4 is 22.9 Å². The average Bonchev–Trinajstić information content (AvgIpc) is 3.35. The van der Waals surface area contributed by atoms with E-state index in [1.165, 1.54) is 0 Å². The van der Waals surface area contributed by atoms with Crippen molar-refractivity contribution in [2.45, 2.75) is 51.5 Å². The minimum atomic E-state index is -1.15. The van der Waals surface area contributed by atoms with Crippen LogP contribution in [-0.2, 0) is 9.59 Å². The lowest BCUT2D eigenvalue weighted by Crippen LogP contribution is -2.45. The largest absolute Gasteiger partial charge is 0.480 e. The van der Waals surface area contributed by atoms with Crippen molar-refractivity contribution in [3.05, 3.63) is 30.1 Å². The van der Waals surface area contributed by atoms with Crippen molar-refractivity contribution in [2.75, 3.05) is 13.1 Å². The first-order chi connectivity index (χ1) is 12.4. The van der Waals surface area contributed by atoms with Gasteiger partial charge < -0.3 is 14.6 Å². The molecule has 0 spiro atoms. The Morgan fingerprint density at radius 3 is 2.65 bits per heavy atom. The molecular weight excluding hydrogens is 330 g/mol. The Hall–Kier alpha value is -2.37. The normalized spacial score (nSPS) is 22.0. The van der Waals surface area contributed by atoms with Gasteiger partial charge >= 0.3 is 5.97 Å². The molecule has 0 bridgehead atoms. The molecule has 6 heteroatoms. The van der Waals surface area contributed by atoms with Crippen LogP contribution in [0.5, 0.6) is 0 Å². The van der Waals surface area contributed by atoms with Crippen LogP contribution < -0.4 is 0 Å². The third kappa shape index (κ3) is 2.59. The molecule has 26 heavy (non-hydrogen) atoms. The number of benzene rings is 1. The van der Waals surface area contributed by atoms with Gasteiger partial charge in [0.25, 0.3) is 0 Å². The highest BCUT2D eigenvalue weighted by molar-refractivity contribution is 6.04. The van der Waals surface area contributed by atoms with E-state index in [0.29, 0.717) is 25.9 Å². The second-order valence-electron chi connectivity index (χ2n) is 7.90. The van der Waals surface area contributed by atoms with E-state index in [4.69, 9.17) is 4.98 Å². The first-order valence-corrected chi connectivity index (χ1v) is 9.43. The van der Waals surface area contributed by atoms with E-state index in [-0.39, 0.29) is 17.9 Å². The molecule has 1 aromatic carbocycles. The average molecular weight is 355 g/mol. The second kappa shape index (κ2) is 6.11. The Morgan fingerprint density at radius 1 is 1.27 bits per heavy atom. The van der Waals surface area contributed by atoms with Crippen LogP contribution in [0, 0.1) is 5.41 Å². The highest BCUT2D eigenvalue weighted by atomic mass is 16.4. The van der Waals surface area contributed by atoms with Crippen LogP contribution in [-0.4, -0.2) is 44.5 Å².